The molecule has 0 unspecified atom stereocenters. The fourth-order valence-electron chi connectivity index (χ4n) is 4.08. The molecule has 4 aromatic rings. The maximum absolute atomic E-state index is 13.4. The van der Waals surface area contributed by atoms with Gasteiger partial charge in [-0.05, 0) is 74.8 Å². The van der Waals surface area contributed by atoms with E-state index in [0.717, 1.165) is 58.5 Å². The molecule has 27 heavy (non-hydrogen) atoms. The monoisotopic (exact) mass is 363 g/mol. The van der Waals surface area contributed by atoms with Crippen LogP contribution in [0.2, 0.25) is 0 Å². The van der Waals surface area contributed by atoms with E-state index in [1.807, 2.05) is 24.4 Å². The third kappa shape index (κ3) is 3.12. The average molecular weight is 363 g/mol. The van der Waals surface area contributed by atoms with Crippen LogP contribution < -0.4 is 0 Å². The van der Waals surface area contributed by atoms with Crippen molar-refractivity contribution in [2.75, 3.05) is 20.1 Å². The highest BCUT2D eigenvalue weighted by Gasteiger charge is 2.19. The van der Waals surface area contributed by atoms with Crippen molar-refractivity contribution in [1.82, 2.24) is 14.9 Å². The van der Waals surface area contributed by atoms with Gasteiger partial charge in [0, 0.05) is 29.1 Å². The van der Waals surface area contributed by atoms with Crippen molar-refractivity contribution in [2.45, 2.75) is 19.3 Å². The Bertz CT molecular complexity index is 1110. The molecule has 138 valence electrons. The van der Waals surface area contributed by atoms with E-state index in [2.05, 4.69) is 28.0 Å². The Morgan fingerprint density at radius 3 is 2.89 bits per heavy atom. The quantitative estimate of drug-likeness (QED) is 0.557. The van der Waals surface area contributed by atoms with E-state index in [9.17, 15) is 4.39 Å². The first-order valence-electron chi connectivity index (χ1n) is 9.51. The molecule has 1 aliphatic rings. The third-order valence-corrected chi connectivity index (χ3v) is 5.69. The molecule has 0 radical (unpaired) electrons. The topological polar surface area (TPSA) is 45.1 Å². The number of H-pyrrole nitrogens is 1. The number of fused-ring (bicyclic) bond motifs is 2. The molecule has 1 saturated heterocycles. The van der Waals surface area contributed by atoms with Crippen molar-refractivity contribution in [1.29, 1.82) is 0 Å². The number of rotatable bonds is 3. The summed E-state index contributed by atoms with van der Waals surface area (Å²) in [7, 11) is 2.18. The summed E-state index contributed by atoms with van der Waals surface area (Å²) in [6.45, 7) is 2.30. The lowest BCUT2D eigenvalue weighted by atomic mass is 9.94. The van der Waals surface area contributed by atoms with Crippen LogP contribution >= 0.6 is 0 Å². The minimum absolute atomic E-state index is 0.236. The van der Waals surface area contributed by atoms with Gasteiger partial charge >= 0.3 is 0 Å². The number of aromatic nitrogens is 2. The van der Waals surface area contributed by atoms with E-state index in [1.54, 1.807) is 0 Å². The Labute approximate surface area is 157 Å². The van der Waals surface area contributed by atoms with Crippen molar-refractivity contribution in [3.8, 4) is 11.1 Å². The van der Waals surface area contributed by atoms with Crippen LogP contribution in [0.25, 0.3) is 33.1 Å². The van der Waals surface area contributed by atoms with Crippen molar-refractivity contribution in [2.24, 2.45) is 5.92 Å². The highest BCUT2D eigenvalue weighted by Crippen LogP contribution is 2.32. The number of aromatic amines is 1. The molecule has 0 bridgehead atoms. The molecular formula is C22H22FN3O. The van der Waals surface area contributed by atoms with Crippen LogP contribution in [0.1, 0.15) is 18.7 Å². The first kappa shape index (κ1) is 16.5. The van der Waals surface area contributed by atoms with E-state index in [4.69, 9.17) is 4.42 Å². The summed E-state index contributed by atoms with van der Waals surface area (Å²) in [5, 5.41) is 1.00. The molecule has 1 aliphatic heterocycles. The van der Waals surface area contributed by atoms with Gasteiger partial charge in [0.25, 0.3) is 0 Å². The van der Waals surface area contributed by atoms with E-state index >= 15 is 0 Å². The zero-order valence-electron chi connectivity index (χ0n) is 15.3. The van der Waals surface area contributed by atoms with E-state index < -0.39 is 0 Å². The van der Waals surface area contributed by atoms with Gasteiger partial charge in [0.15, 0.2) is 11.5 Å². The van der Waals surface area contributed by atoms with Crippen molar-refractivity contribution >= 4 is 22.0 Å². The molecular weight excluding hydrogens is 341 g/mol. The molecule has 2 aromatic heterocycles. The Morgan fingerprint density at radius 2 is 2.04 bits per heavy atom. The summed E-state index contributed by atoms with van der Waals surface area (Å²) in [5.41, 5.74) is 4.59. The van der Waals surface area contributed by atoms with Crippen LogP contribution in [-0.4, -0.2) is 35.0 Å². The zero-order chi connectivity index (χ0) is 18.4. The number of oxazole rings is 1. The number of benzene rings is 2. The summed E-state index contributed by atoms with van der Waals surface area (Å²) < 4.78 is 19.5. The average Bonchev–Trinajstić information content (AvgIpc) is 3.25. The molecule has 1 N–H and O–H groups in total. The Kier molecular flexibility index (Phi) is 3.97. The van der Waals surface area contributed by atoms with Gasteiger partial charge in [-0.15, -0.1) is 0 Å². The smallest absolute Gasteiger partial charge is 0.195 e. The zero-order valence-corrected chi connectivity index (χ0v) is 15.3. The first-order chi connectivity index (χ1) is 13.2. The second kappa shape index (κ2) is 6.50. The minimum Gasteiger partial charge on any atom is -0.441 e. The summed E-state index contributed by atoms with van der Waals surface area (Å²) in [5.74, 6) is 1.25. The maximum atomic E-state index is 13.4. The molecule has 0 saturated carbocycles. The number of nitrogens with zero attached hydrogens (tertiary/aromatic N) is 2. The number of hydrogen-bond acceptors (Lipinski definition) is 3. The van der Waals surface area contributed by atoms with E-state index in [1.165, 1.54) is 25.0 Å². The van der Waals surface area contributed by atoms with Crippen LogP contribution in [0.15, 0.2) is 47.0 Å². The molecule has 0 amide bonds. The van der Waals surface area contributed by atoms with Gasteiger partial charge in [-0.3, -0.25) is 0 Å². The molecule has 0 aliphatic carbocycles. The fourth-order valence-corrected chi connectivity index (χ4v) is 4.08. The summed E-state index contributed by atoms with van der Waals surface area (Å²) in [6.07, 6.45) is 5.23. The Hall–Kier alpha value is -2.66. The van der Waals surface area contributed by atoms with Gasteiger partial charge in [0.05, 0.1) is 0 Å². The maximum Gasteiger partial charge on any atom is 0.195 e. The van der Waals surface area contributed by atoms with Gasteiger partial charge in [-0.2, -0.15) is 0 Å². The highest BCUT2D eigenvalue weighted by molar-refractivity contribution is 5.97. The molecule has 5 heteroatoms. The predicted molar refractivity (Wildman–Crippen MR) is 105 cm³/mol. The van der Waals surface area contributed by atoms with E-state index in [0.29, 0.717) is 5.92 Å². The second-order valence-electron chi connectivity index (χ2n) is 7.63. The SMILES string of the molecule is CN1CCC(Cc2nc3ccc(-c4c[nH]c5cc(F)ccc45)cc3o2)CC1. The standard InChI is InChI=1S/C22H22FN3O/c1-26-8-6-14(7-9-26)10-22-25-19-5-2-15(11-21(19)27-22)18-13-24-20-12-16(23)3-4-17(18)20/h2-5,11-14,24H,6-10H2,1H3. The molecule has 3 heterocycles. The number of halogens is 1. The minimum atomic E-state index is -0.236. The van der Waals surface area contributed by atoms with E-state index in [-0.39, 0.29) is 5.82 Å². The predicted octanol–water partition coefficient (Wildman–Crippen LogP) is 5.00. The summed E-state index contributed by atoms with van der Waals surface area (Å²) >= 11 is 0. The number of hydrogen-bond donors (Lipinski definition) is 1. The summed E-state index contributed by atoms with van der Waals surface area (Å²) in [6, 6.07) is 10.9. The van der Waals surface area contributed by atoms with Crippen LogP contribution in [-0.2, 0) is 6.42 Å². The van der Waals surface area contributed by atoms with Crippen molar-refractivity contribution in [3.05, 3.63) is 54.3 Å². The summed E-state index contributed by atoms with van der Waals surface area (Å²) in [4.78, 5) is 10.2. The number of piperidine rings is 1. The van der Waals surface area contributed by atoms with Gasteiger partial charge in [-0.25, -0.2) is 9.37 Å². The Balaban J connectivity index is 1.45. The van der Waals surface area contributed by atoms with Crippen LogP contribution in [0.4, 0.5) is 4.39 Å². The molecule has 5 rings (SSSR count). The molecule has 0 atom stereocenters. The van der Waals surface area contributed by atoms with Gasteiger partial charge in [0.1, 0.15) is 11.3 Å². The van der Waals surface area contributed by atoms with Crippen LogP contribution in [0, 0.1) is 11.7 Å². The third-order valence-electron chi connectivity index (χ3n) is 5.69. The first-order valence-corrected chi connectivity index (χ1v) is 9.51. The van der Waals surface area contributed by atoms with Crippen LogP contribution in [0.5, 0.6) is 0 Å². The molecule has 2 aromatic carbocycles. The molecule has 0 spiro atoms. The molecule has 1 fully saturated rings. The largest absolute Gasteiger partial charge is 0.441 e. The van der Waals surface area contributed by atoms with Crippen molar-refractivity contribution in [3.63, 3.8) is 0 Å². The lowest BCUT2D eigenvalue weighted by molar-refractivity contribution is 0.213. The Morgan fingerprint density at radius 1 is 1.19 bits per heavy atom. The highest BCUT2D eigenvalue weighted by atomic mass is 19.1. The van der Waals surface area contributed by atoms with Gasteiger partial charge < -0.3 is 14.3 Å². The number of likely N-dealkylation sites (tertiary alicyclic amines) is 1. The van der Waals surface area contributed by atoms with Gasteiger partial charge in [0.2, 0.25) is 0 Å². The molecule has 4 nitrogen and oxygen atoms in total. The van der Waals surface area contributed by atoms with Crippen molar-refractivity contribution < 1.29 is 8.81 Å². The normalized spacial score (nSPS) is 16.5. The lowest BCUT2D eigenvalue weighted by Gasteiger charge is -2.28. The van der Waals surface area contributed by atoms with Gasteiger partial charge in [-0.1, -0.05) is 6.07 Å². The van der Waals surface area contributed by atoms with Crippen LogP contribution in [0.3, 0.4) is 0 Å². The fraction of sp³-hybridized carbons (Fsp3) is 0.318. The number of nitrogens with one attached hydrogen (secondary N) is 1. The second-order valence-corrected chi connectivity index (χ2v) is 7.63. The lowest BCUT2D eigenvalue weighted by Crippen LogP contribution is -2.30.